The molecule has 0 unspecified atom stereocenters. The van der Waals surface area contributed by atoms with Gasteiger partial charge in [-0.05, 0) is 79.2 Å². The van der Waals surface area contributed by atoms with Crippen LogP contribution >= 0.6 is 27.3 Å². The first kappa shape index (κ1) is 20.7. The third-order valence-electron chi connectivity index (χ3n) is 8.25. The predicted octanol–water partition coefficient (Wildman–Crippen LogP) is 6.85. The van der Waals surface area contributed by atoms with Crippen LogP contribution in [0.15, 0.2) is 36.4 Å². The average molecular weight is 511 g/mol. The summed E-state index contributed by atoms with van der Waals surface area (Å²) in [5.41, 5.74) is 4.73. The number of rotatable bonds is 3. The summed E-state index contributed by atoms with van der Waals surface area (Å²) >= 11 is 5.43. The number of Topliss-reactive ketones (excluding diaryl/α,β-unsaturated/α-hetero) is 1. The zero-order chi connectivity index (χ0) is 22.0. The number of benzene rings is 2. The molecule has 6 heteroatoms. The number of hydrogen-bond acceptors (Lipinski definition) is 5. The maximum absolute atomic E-state index is 13.0. The van der Waals surface area contributed by atoms with Gasteiger partial charge in [-0.1, -0.05) is 52.4 Å². The number of ether oxygens (including phenoxy) is 1. The summed E-state index contributed by atoms with van der Waals surface area (Å²) in [5, 5.41) is 4.38. The lowest BCUT2D eigenvalue weighted by molar-refractivity contribution is -0.128. The number of alkyl halides is 1. The number of aromatic nitrogens is 1. The highest BCUT2D eigenvalue weighted by molar-refractivity contribution is 9.10. The van der Waals surface area contributed by atoms with Crippen LogP contribution in [0.3, 0.4) is 0 Å². The van der Waals surface area contributed by atoms with Crippen molar-refractivity contribution in [1.82, 2.24) is 4.98 Å². The van der Waals surface area contributed by atoms with Gasteiger partial charge in [-0.3, -0.25) is 4.79 Å². The van der Waals surface area contributed by atoms with Gasteiger partial charge in [0.2, 0.25) is 0 Å². The van der Waals surface area contributed by atoms with Gasteiger partial charge in [-0.25, -0.2) is 4.98 Å². The minimum absolute atomic E-state index is 0.0265. The minimum Gasteiger partial charge on any atom is -0.494 e. The van der Waals surface area contributed by atoms with Gasteiger partial charge in [0.1, 0.15) is 11.3 Å². The number of anilines is 2. The third kappa shape index (κ3) is 2.98. The number of para-hydroxylation sites is 1. The van der Waals surface area contributed by atoms with Crippen LogP contribution in [0.4, 0.5) is 10.8 Å². The predicted molar refractivity (Wildman–Crippen MR) is 134 cm³/mol. The summed E-state index contributed by atoms with van der Waals surface area (Å²) < 4.78 is 7.03. The van der Waals surface area contributed by atoms with Gasteiger partial charge < -0.3 is 10.1 Å². The van der Waals surface area contributed by atoms with Gasteiger partial charge in [-0.2, -0.15) is 0 Å². The molecular formula is C26H27BrN2O2S. The molecule has 4 nitrogen and oxygen atoms in total. The van der Waals surface area contributed by atoms with Gasteiger partial charge in [0.15, 0.2) is 10.9 Å². The molecule has 2 saturated carbocycles. The second kappa shape index (κ2) is 7.56. The van der Waals surface area contributed by atoms with Gasteiger partial charge in [0, 0.05) is 11.1 Å². The molecule has 0 bridgehead atoms. The molecule has 1 heterocycles. The lowest BCUT2D eigenvalue weighted by Gasteiger charge is -2.48. The molecule has 3 aromatic rings. The summed E-state index contributed by atoms with van der Waals surface area (Å²) in [6.07, 6.45) is 5.26. The fourth-order valence-electron chi connectivity index (χ4n) is 6.71. The van der Waals surface area contributed by atoms with Crippen LogP contribution in [-0.4, -0.2) is 22.7 Å². The summed E-state index contributed by atoms with van der Waals surface area (Å²) in [7, 11) is 1.74. The van der Waals surface area contributed by atoms with Crippen molar-refractivity contribution in [2.75, 3.05) is 12.4 Å². The van der Waals surface area contributed by atoms with E-state index in [0.717, 1.165) is 54.2 Å². The van der Waals surface area contributed by atoms with Crippen LogP contribution in [0.5, 0.6) is 5.75 Å². The number of carbonyl (C=O) groups is 1. The summed E-state index contributed by atoms with van der Waals surface area (Å²) in [6, 6.07) is 12.4. The zero-order valence-electron chi connectivity index (χ0n) is 18.4. The highest BCUT2D eigenvalue weighted by atomic mass is 79.9. The Hall–Kier alpha value is -1.92. The van der Waals surface area contributed by atoms with Crippen molar-refractivity contribution in [2.45, 2.75) is 49.8 Å². The van der Waals surface area contributed by atoms with Gasteiger partial charge in [0.25, 0.3) is 0 Å². The van der Waals surface area contributed by atoms with E-state index >= 15 is 0 Å². The van der Waals surface area contributed by atoms with Gasteiger partial charge >= 0.3 is 0 Å². The second-order valence-electron chi connectivity index (χ2n) is 9.78. The van der Waals surface area contributed by atoms with E-state index in [1.165, 1.54) is 15.8 Å². The largest absolute Gasteiger partial charge is 0.494 e. The maximum atomic E-state index is 13.0. The molecule has 2 fully saturated rings. The molecule has 166 valence electrons. The van der Waals surface area contributed by atoms with Crippen LogP contribution in [0.25, 0.3) is 10.2 Å². The lowest BCUT2D eigenvalue weighted by atomic mass is 9.55. The van der Waals surface area contributed by atoms with Crippen molar-refractivity contribution in [2.24, 2.45) is 17.3 Å². The van der Waals surface area contributed by atoms with Crippen LogP contribution in [0, 0.1) is 17.3 Å². The number of methoxy groups -OCH3 is 1. The number of thiazole rings is 1. The average Bonchev–Trinajstić information content (AvgIpc) is 3.32. The molecule has 0 spiro atoms. The number of ketones is 1. The van der Waals surface area contributed by atoms with Crippen LogP contribution in [0.2, 0.25) is 0 Å². The number of halogens is 1. The molecule has 1 N–H and O–H groups in total. The molecule has 1 aromatic heterocycles. The van der Waals surface area contributed by atoms with Gasteiger partial charge in [0.05, 0.1) is 16.6 Å². The van der Waals surface area contributed by atoms with Crippen molar-refractivity contribution >= 4 is 54.1 Å². The van der Waals surface area contributed by atoms with Crippen molar-refractivity contribution in [3.8, 4) is 5.75 Å². The van der Waals surface area contributed by atoms with E-state index in [9.17, 15) is 4.79 Å². The number of fused-ring (bicyclic) bond motifs is 7. The molecule has 0 saturated heterocycles. The maximum Gasteiger partial charge on any atom is 0.188 e. The molecule has 6 rings (SSSR count). The summed E-state index contributed by atoms with van der Waals surface area (Å²) in [5.74, 6) is 2.83. The number of hydrogen-bond donors (Lipinski definition) is 1. The number of carbonyl (C=O) groups excluding carboxylic acids is 1. The van der Waals surface area contributed by atoms with Crippen LogP contribution in [0.1, 0.15) is 49.7 Å². The normalized spacial score (nSPS) is 31.2. The van der Waals surface area contributed by atoms with Crippen molar-refractivity contribution in [1.29, 1.82) is 0 Å². The van der Waals surface area contributed by atoms with Crippen molar-refractivity contribution < 1.29 is 9.53 Å². The fourth-order valence-corrected chi connectivity index (χ4v) is 8.77. The molecular weight excluding hydrogens is 484 g/mol. The molecule has 3 aliphatic carbocycles. The summed E-state index contributed by atoms with van der Waals surface area (Å²) in [4.78, 5) is 18.0. The molecule has 5 atom stereocenters. The first-order valence-electron chi connectivity index (χ1n) is 11.5. The van der Waals surface area contributed by atoms with E-state index in [4.69, 9.17) is 9.72 Å². The smallest absolute Gasteiger partial charge is 0.188 e. The van der Waals surface area contributed by atoms with E-state index in [1.54, 1.807) is 18.4 Å². The Balaban J connectivity index is 1.45. The Morgan fingerprint density at radius 3 is 2.84 bits per heavy atom. The fraction of sp³-hybridized carbons (Fsp3) is 0.462. The van der Waals surface area contributed by atoms with Crippen LogP contribution < -0.4 is 10.1 Å². The Labute approximate surface area is 200 Å². The quantitative estimate of drug-likeness (QED) is 0.391. The molecule has 0 radical (unpaired) electrons. The van der Waals surface area contributed by atoms with E-state index in [1.807, 2.05) is 18.2 Å². The van der Waals surface area contributed by atoms with Crippen molar-refractivity contribution in [3.05, 3.63) is 47.5 Å². The second-order valence-corrected chi connectivity index (χ2v) is 11.9. The minimum atomic E-state index is -0.161. The molecule has 32 heavy (non-hydrogen) atoms. The molecule has 0 aliphatic heterocycles. The first-order chi connectivity index (χ1) is 15.5. The lowest BCUT2D eigenvalue weighted by Crippen LogP contribution is -2.42. The Morgan fingerprint density at radius 1 is 1.25 bits per heavy atom. The highest BCUT2D eigenvalue weighted by Gasteiger charge is 2.57. The molecule has 3 aliphatic rings. The number of aryl methyl sites for hydroxylation is 1. The highest BCUT2D eigenvalue weighted by Crippen LogP contribution is 2.61. The van der Waals surface area contributed by atoms with Crippen molar-refractivity contribution in [3.63, 3.8) is 0 Å². The standard InChI is InChI=1S/C26H27BrN2O2S/c1-26-11-10-17-16(18(26)13-19(27)24(26)30)9-8-14-12-20(31-2)22-23(21(14)17)32-25(29-22)28-15-6-4-3-5-7-15/h3-7,12,16-19H,8-11,13H2,1-2H3,(H,28,29)/t16-,17+,18+,19-,26+/m1/s1. The monoisotopic (exact) mass is 510 g/mol. The van der Waals surface area contributed by atoms with Crippen LogP contribution in [-0.2, 0) is 11.2 Å². The topological polar surface area (TPSA) is 51.2 Å². The van der Waals surface area contributed by atoms with Gasteiger partial charge in [-0.15, -0.1) is 0 Å². The third-order valence-corrected chi connectivity index (χ3v) is 10.0. The SMILES string of the molecule is COc1cc2c(c3sc(Nc4ccccc4)nc13)[C@H]1CC[C@]3(C)C(=O)[C@H](Br)C[C@H]3[C@@H]1CC2. The van der Waals surface area contributed by atoms with E-state index in [2.05, 4.69) is 46.4 Å². The first-order valence-corrected chi connectivity index (χ1v) is 13.2. The number of nitrogens with zero attached hydrogens (tertiary/aromatic N) is 1. The molecule has 2 aromatic carbocycles. The zero-order valence-corrected chi connectivity index (χ0v) is 20.8. The molecule has 0 amide bonds. The van der Waals surface area contributed by atoms with E-state index in [-0.39, 0.29) is 10.2 Å². The summed E-state index contributed by atoms with van der Waals surface area (Å²) in [6.45, 7) is 2.23. The Kier molecular flexibility index (Phi) is 4.88. The number of nitrogens with one attached hydrogen (secondary N) is 1. The van der Waals surface area contributed by atoms with E-state index in [0.29, 0.717) is 23.5 Å². The Morgan fingerprint density at radius 2 is 2.06 bits per heavy atom. The van der Waals surface area contributed by atoms with E-state index < -0.39 is 0 Å². The Bertz CT molecular complexity index is 1210.